The van der Waals surface area contributed by atoms with E-state index in [4.69, 9.17) is 4.42 Å². The molecule has 0 saturated heterocycles. The van der Waals surface area contributed by atoms with E-state index in [1.807, 2.05) is 13.8 Å². The second-order valence-electron chi connectivity index (χ2n) is 1.87. The first-order chi connectivity index (χ1) is 4.13. The Bertz CT molecular complexity index is 205. The predicted octanol–water partition coefficient (Wildman–Crippen LogP) is 3.42. The minimum atomic E-state index is 0.812. The lowest BCUT2D eigenvalue weighted by Crippen LogP contribution is -1.65. The van der Waals surface area contributed by atoms with Gasteiger partial charge < -0.3 is 4.42 Å². The van der Waals surface area contributed by atoms with Crippen LogP contribution in [0.15, 0.2) is 13.6 Å². The van der Waals surface area contributed by atoms with Gasteiger partial charge in [-0.05, 0) is 45.7 Å². The molecule has 0 N–H and O–H groups in total. The van der Waals surface area contributed by atoms with Crippen LogP contribution < -0.4 is 0 Å². The summed E-state index contributed by atoms with van der Waals surface area (Å²) in [5.41, 5.74) is 1.12. The number of aryl methyl sites for hydroxylation is 1. The third-order valence-corrected chi connectivity index (χ3v) is 3.09. The summed E-state index contributed by atoms with van der Waals surface area (Å²) in [4.78, 5) is 0. The molecule has 0 bridgehead atoms. The Balaban J connectivity index is 3.29. The van der Waals surface area contributed by atoms with E-state index in [-0.39, 0.29) is 0 Å². The molecule has 0 amide bonds. The number of hydrogen-bond donors (Lipinski definition) is 0. The maximum atomic E-state index is 5.21. The van der Waals surface area contributed by atoms with E-state index < -0.39 is 0 Å². The molecule has 1 aromatic rings. The first kappa shape index (κ1) is 7.35. The summed E-state index contributed by atoms with van der Waals surface area (Å²) >= 11 is 6.65. The van der Waals surface area contributed by atoms with Gasteiger partial charge in [0, 0.05) is 5.56 Å². The molecule has 1 rings (SSSR count). The molecule has 1 aromatic heterocycles. The van der Waals surface area contributed by atoms with E-state index in [2.05, 4.69) is 31.9 Å². The molecule has 0 fully saturated rings. The average molecular weight is 254 g/mol. The van der Waals surface area contributed by atoms with Crippen molar-refractivity contribution >= 4 is 31.9 Å². The second-order valence-corrected chi connectivity index (χ2v) is 3.38. The van der Waals surface area contributed by atoms with Crippen molar-refractivity contribution in [3.05, 3.63) is 20.5 Å². The lowest BCUT2D eigenvalue weighted by Gasteiger charge is -1.81. The van der Waals surface area contributed by atoms with Gasteiger partial charge in [0.25, 0.3) is 0 Å². The number of rotatable bonds is 0. The zero-order valence-corrected chi connectivity index (χ0v) is 8.34. The Labute approximate surface area is 70.7 Å². The maximum Gasteiger partial charge on any atom is 0.173 e. The van der Waals surface area contributed by atoms with Crippen LogP contribution in [0.3, 0.4) is 0 Å². The molecule has 0 atom stereocenters. The molecule has 0 aliphatic carbocycles. The SMILES string of the molecule is Cc1oc(Br)c(C)c1Br. The van der Waals surface area contributed by atoms with Gasteiger partial charge in [0.1, 0.15) is 5.76 Å². The van der Waals surface area contributed by atoms with Crippen molar-refractivity contribution in [2.24, 2.45) is 0 Å². The van der Waals surface area contributed by atoms with Gasteiger partial charge in [0.2, 0.25) is 0 Å². The van der Waals surface area contributed by atoms with E-state index >= 15 is 0 Å². The summed E-state index contributed by atoms with van der Waals surface area (Å²) in [5, 5.41) is 0. The normalized spacial score (nSPS) is 10.2. The van der Waals surface area contributed by atoms with Gasteiger partial charge in [0.05, 0.1) is 4.47 Å². The van der Waals surface area contributed by atoms with Crippen molar-refractivity contribution in [2.75, 3.05) is 0 Å². The minimum Gasteiger partial charge on any atom is -0.453 e. The molecule has 3 heteroatoms. The first-order valence-corrected chi connectivity index (χ1v) is 4.12. The highest BCUT2D eigenvalue weighted by molar-refractivity contribution is 9.11. The summed E-state index contributed by atoms with van der Waals surface area (Å²) in [6.45, 7) is 3.91. The lowest BCUT2D eigenvalue weighted by molar-refractivity contribution is 0.507. The molecular formula is C6H6Br2O. The van der Waals surface area contributed by atoms with Gasteiger partial charge in [-0.1, -0.05) is 0 Å². The van der Waals surface area contributed by atoms with Crippen LogP contribution >= 0.6 is 31.9 Å². The van der Waals surface area contributed by atoms with Gasteiger partial charge in [-0.3, -0.25) is 0 Å². The smallest absolute Gasteiger partial charge is 0.173 e. The van der Waals surface area contributed by atoms with Gasteiger partial charge in [-0.25, -0.2) is 0 Å². The second kappa shape index (κ2) is 2.46. The van der Waals surface area contributed by atoms with Crippen molar-refractivity contribution in [3.63, 3.8) is 0 Å². The van der Waals surface area contributed by atoms with Crippen LogP contribution in [0, 0.1) is 13.8 Å². The molecule has 0 unspecified atom stereocenters. The molecule has 0 aliphatic heterocycles. The van der Waals surface area contributed by atoms with E-state index in [0.717, 1.165) is 20.5 Å². The van der Waals surface area contributed by atoms with Crippen molar-refractivity contribution in [3.8, 4) is 0 Å². The van der Waals surface area contributed by atoms with Gasteiger partial charge in [0.15, 0.2) is 4.67 Å². The summed E-state index contributed by atoms with van der Waals surface area (Å²) in [7, 11) is 0. The maximum absolute atomic E-state index is 5.21. The highest BCUT2D eigenvalue weighted by atomic mass is 79.9. The van der Waals surface area contributed by atoms with Crippen LogP contribution in [-0.2, 0) is 0 Å². The molecule has 0 spiro atoms. The molecule has 1 nitrogen and oxygen atoms in total. The first-order valence-electron chi connectivity index (χ1n) is 2.54. The molecule has 0 aliphatic rings. The topological polar surface area (TPSA) is 13.1 Å². The fourth-order valence-electron chi connectivity index (χ4n) is 0.606. The zero-order chi connectivity index (χ0) is 7.02. The standard InChI is InChI=1S/C6H6Br2O/c1-3-5(7)4(2)9-6(3)8/h1-2H3. The number of furan rings is 1. The summed E-state index contributed by atoms with van der Waals surface area (Å²) in [5.74, 6) is 0.916. The average Bonchev–Trinajstić information content (AvgIpc) is 1.98. The van der Waals surface area contributed by atoms with Crippen LogP contribution in [0.25, 0.3) is 0 Å². The number of halogens is 2. The number of hydrogen-bond acceptors (Lipinski definition) is 1. The summed E-state index contributed by atoms with van der Waals surface area (Å²) in [6, 6.07) is 0. The summed E-state index contributed by atoms with van der Waals surface area (Å²) < 4.78 is 7.08. The van der Waals surface area contributed by atoms with Crippen molar-refractivity contribution in [2.45, 2.75) is 13.8 Å². The monoisotopic (exact) mass is 252 g/mol. The Morgan fingerprint density at radius 1 is 1.22 bits per heavy atom. The third-order valence-electron chi connectivity index (χ3n) is 1.18. The minimum absolute atomic E-state index is 0.812. The zero-order valence-electron chi connectivity index (χ0n) is 5.16. The van der Waals surface area contributed by atoms with Gasteiger partial charge in [-0.2, -0.15) is 0 Å². The Morgan fingerprint density at radius 3 is 1.89 bits per heavy atom. The largest absolute Gasteiger partial charge is 0.453 e. The molecule has 0 saturated carbocycles. The van der Waals surface area contributed by atoms with Gasteiger partial charge in [-0.15, -0.1) is 0 Å². The molecule has 1 heterocycles. The van der Waals surface area contributed by atoms with Crippen LogP contribution in [0.4, 0.5) is 0 Å². The molecule has 9 heavy (non-hydrogen) atoms. The van der Waals surface area contributed by atoms with Crippen LogP contribution in [0.2, 0.25) is 0 Å². The van der Waals surface area contributed by atoms with E-state index in [1.54, 1.807) is 0 Å². The molecule has 50 valence electrons. The third kappa shape index (κ3) is 1.22. The van der Waals surface area contributed by atoms with Crippen molar-refractivity contribution < 1.29 is 4.42 Å². The Hall–Kier alpha value is 0.240. The van der Waals surface area contributed by atoms with E-state index in [1.165, 1.54) is 0 Å². The van der Waals surface area contributed by atoms with Crippen LogP contribution in [0.1, 0.15) is 11.3 Å². The fourth-order valence-corrected chi connectivity index (χ4v) is 1.57. The molecule has 0 radical (unpaired) electrons. The van der Waals surface area contributed by atoms with Crippen molar-refractivity contribution in [1.29, 1.82) is 0 Å². The predicted molar refractivity (Wildman–Crippen MR) is 43.6 cm³/mol. The van der Waals surface area contributed by atoms with E-state index in [9.17, 15) is 0 Å². The van der Waals surface area contributed by atoms with Gasteiger partial charge >= 0.3 is 0 Å². The molecular weight excluding hydrogens is 248 g/mol. The fraction of sp³-hybridized carbons (Fsp3) is 0.333. The quantitative estimate of drug-likeness (QED) is 0.691. The highest BCUT2D eigenvalue weighted by Crippen LogP contribution is 2.30. The molecule has 0 aromatic carbocycles. The Morgan fingerprint density at radius 2 is 1.78 bits per heavy atom. The summed E-state index contributed by atoms with van der Waals surface area (Å²) in [6.07, 6.45) is 0. The van der Waals surface area contributed by atoms with E-state index in [0.29, 0.717) is 0 Å². The van der Waals surface area contributed by atoms with Crippen LogP contribution in [0.5, 0.6) is 0 Å². The Kier molecular flexibility index (Phi) is 2.01. The van der Waals surface area contributed by atoms with Crippen LogP contribution in [-0.4, -0.2) is 0 Å². The lowest BCUT2D eigenvalue weighted by atomic mass is 10.3. The van der Waals surface area contributed by atoms with Crippen molar-refractivity contribution in [1.82, 2.24) is 0 Å². The highest BCUT2D eigenvalue weighted by Gasteiger charge is 2.07.